The van der Waals surface area contributed by atoms with Crippen LogP contribution in [-0.2, 0) is 4.52 Å². The van der Waals surface area contributed by atoms with Gasteiger partial charge >= 0.3 is 0 Å². The number of hydrogen-bond donors (Lipinski definition) is 1. The van der Waals surface area contributed by atoms with Crippen LogP contribution in [0.3, 0.4) is 0 Å². The van der Waals surface area contributed by atoms with Crippen LogP contribution in [0, 0.1) is 0 Å². The Labute approximate surface area is 125 Å². The van der Waals surface area contributed by atoms with E-state index in [1.165, 1.54) is 0 Å². The van der Waals surface area contributed by atoms with Crippen LogP contribution in [-0.4, -0.2) is 22.2 Å². The van der Waals surface area contributed by atoms with Crippen molar-refractivity contribution >= 4 is 41.0 Å². The van der Waals surface area contributed by atoms with Gasteiger partial charge in [0.15, 0.2) is 0 Å². The minimum Gasteiger partial charge on any atom is -0.345 e. The predicted molar refractivity (Wildman–Crippen MR) is 87.8 cm³/mol. The summed E-state index contributed by atoms with van der Waals surface area (Å²) in [5, 5.41) is 5.13. The van der Waals surface area contributed by atoms with Crippen molar-refractivity contribution in [2.24, 2.45) is 0 Å². The molecule has 0 spiro atoms. The molecule has 2 rings (SSSR count). The van der Waals surface area contributed by atoms with Crippen molar-refractivity contribution in [2.45, 2.75) is 38.5 Å². The quantitative estimate of drug-likeness (QED) is 0.628. The molecule has 1 aromatic rings. The number of nitrogens with one attached hydrogen (secondary N) is 1. The van der Waals surface area contributed by atoms with Gasteiger partial charge < -0.3 is 4.52 Å². The molecule has 1 aliphatic rings. The highest BCUT2D eigenvalue weighted by molar-refractivity contribution is 7.92. The van der Waals surface area contributed by atoms with E-state index in [2.05, 4.69) is 37.8 Å². The average Bonchev–Trinajstić information content (AvgIpc) is 2.27. The third-order valence-corrected chi connectivity index (χ3v) is 7.82. The first-order valence-electron chi connectivity index (χ1n) is 6.21. The molecule has 0 aliphatic carbocycles. The summed E-state index contributed by atoms with van der Waals surface area (Å²) in [5.74, 6) is 0. The van der Waals surface area contributed by atoms with E-state index < -0.39 is 7.11 Å². The summed E-state index contributed by atoms with van der Waals surface area (Å²) < 4.78 is 9.30. The molecule has 0 saturated carbocycles. The molecule has 0 aromatic heterocycles. The number of benzene rings is 1. The maximum Gasteiger partial charge on any atom is 0.104 e. The molecule has 1 N–H and O–H groups in total. The molecular formula is C14H19ClNOPS. The molecule has 0 radical (unpaired) electrons. The average molecular weight is 316 g/mol. The summed E-state index contributed by atoms with van der Waals surface area (Å²) in [7, 11) is -2.16. The molecule has 1 unspecified atom stereocenters. The number of rotatable bonds is 1. The largest absolute Gasteiger partial charge is 0.345 e. The topological polar surface area (TPSA) is 21.3 Å². The summed E-state index contributed by atoms with van der Waals surface area (Å²) >= 11 is 11.3. The van der Waals surface area contributed by atoms with E-state index in [0.717, 1.165) is 5.30 Å². The van der Waals surface area contributed by atoms with Crippen molar-refractivity contribution in [1.82, 2.24) is 5.32 Å². The zero-order chi connectivity index (χ0) is 14.3. The highest BCUT2D eigenvalue weighted by Gasteiger charge is 2.46. The molecule has 1 fully saturated rings. The molecular weight excluding hydrogens is 297 g/mol. The van der Waals surface area contributed by atoms with Gasteiger partial charge in [0.2, 0.25) is 0 Å². The summed E-state index contributed by atoms with van der Waals surface area (Å²) in [4.78, 5) is 0. The van der Waals surface area contributed by atoms with Gasteiger partial charge in [-0.15, -0.1) is 0 Å². The summed E-state index contributed by atoms with van der Waals surface area (Å²) in [5.41, 5.74) is -0.0717. The van der Waals surface area contributed by atoms with Crippen molar-refractivity contribution < 1.29 is 4.52 Å². The maximum absolute atomic E-state index is 6.26. The lowest BCUT2D eigenvalue weighted by molar-refractivity contribution is 0.164. The smallest absolute Gasteiger partial charge is 0.104 e. The first-order valence-corrected chi connectivity index (χ1v) is 8.70. The van der Waals surface area contributed by atoms with Crippen LogP contribution in [0.1, 0.15) is 27.7 Å². The highest BCUT2D eigenvalue weighted by atomic mass is 35.5. The number of thiocarbonyl (C=S) groups is 1. The Balaban J connectivity index is 2.60. The van der Waals surface area contributed by atoms with Crippen LogP contribution in [0.5, 0.6) is 0 Å². The van der Waals surface area contributed by atoms with E-state index in [0.29, 0.717) is 11.6 Å². The Morgan fingerprint density at radius 3 is 2.58 bits per heavy atom. The molecule has 1 heterocycles. The Morgan fingerprint density at radius 1 is 1.37 bits per heavy atom. The number of hydrogen-bond acceptors (Lipinski definition) is 3. The fourth-order valence-electron chi connectivity index (χ4n) is 2.62. The van der Waals surface area contributed by atoms with Gasteiger partial charge in [0.25, 0.3) is 0 Å². The van der Waals surface area contributed by atoms with E-state index in [1.807, 2.05) is 24.3 Å². The van der Waals surface area contributed by atoms with Gasteiger partial charge in [-0.05, 0) is 56.8 Å². The van der Waals surface area contributed by atoms with Crippen LogP contribution in [0.4, 0.5) is 0 Å². The van der Waals surface area contributed by atoms with Crippen molar-refractivity contribution in [3.8, 4) is 0 Å². The molecule has 1 saturated heterocycles. The van der Waals surface area contributed by atoms with Crippen molar-refractivity contribution in [3.05, 3.63) is 29.3 Å². The van der Waals surface area contributed by atoms with Gasteiger partial charge in [-0.3, -0.25) is 5.32 Å². The highest BCUT2D eigenvalue weighted by Crippen LogP contribution is 2.60. The molecule has 1 aromatic carbocycles. The van der Waals surface area contributed by atoms with Crippen molar-refractivity contribution in [1.29, 1.82) is 0 Å². The third-order valence-electron chi connectivity index (χ3n) is 3.35. The lowest BCUT2D eigenvalue weighted by Crippen LogP contribution is -2.59. The van der Waals surface area contributed by atoms with Crippen molar-refractivity contribution in [2.75, 3.05) is 6.61 Å². The zero-order valence-corrected chi connectivity index (χ0v) is 14.1. The van der Waals surface area contributed by atoms with E-state index in [1.54, 1.807) is 0 Å². The predicted octanol–water partition coefficient (Wildman–Crippen LogP) is 3.87. The second kappa shape index (κ2) is 5.00. The second-order valence-corrected chi connectivity index (χ2v) is 10.3. The van der Waals surface area contributed by atoms with E-state index in [-0.39, 0.29) is 10.8 Å². The normalized spacial score (nSPS) is 28.7. The molecule has 1 aliphatic heterocycles. The first-order chi connectivity index (χ1) is 8.72. The zero-order valence-electron chi connectivity index (χ0n) is 11.7. The van der Waals surface area contributed by atoms with E-state index in [9.17, 15) is 0 Å². The Morgan fingerprint density at radius 2 is 2.05 bits per heavy atom. The number of halogens is 1. The minimum atomic E-state index is -2.16. The molecule has 1 atom stereocenters. The molecule has 0 amide bonds. The first kappa shape index (κ1) is 15.3. The van der Waals surface area contributed by atoms with E-state index in [4.69, 9.17) is 28.3 Å². The summed E-state index contributed by atoms with van der Waals surface area (Å²) in [6, 6.07) is 7.77. The minimum absolute atomic E-state index is 0.0717. The van der Waals surface area contributed by atoms with Crippen molar-refractivity contribution in [3.63, 3.8) is 0 Å². The fraction of sp³-hybridized carbons (Fsp3) is 0.500. The molecule has 5 heteroatoms. The van der Waals surface area contributed by atoms with Gasteiger partial charge in [0.05, 0.1) is 11.9 Å². The Bertz CT molecular complexity index is 579. The van der Waals surface area contributed by atoms with Crippen LogP contribution in [0.2, 0.25) is 5.02 Å². The lowest BCUT2D eigenvalue weighted by atomic mass is 10.1. The van der Waals surface area contributed by atoms with Gasteiger partial charge in [0.1, 0.15) is 7.11 Å². The molecule has 2 nitrogen and oxygen atoms in total. The molecule has 19 heavy (non-hydrogen) atoms. The summed E-state index contributed by atoms with van der Waals surface area (Å²) in [6.45, 7) is 9.12. The van der Waals surface area contributed by atoms with Gasteiger partial charge in [-0.2, -0.15) is 0 Å². The molecule has 104 valence electrons. The Kier molecular flexibility index (Phi) is 4.02. The van der Waals surface area contributed by atoms with Crippen LogP contribution >= 0.6 is 30.9 Å². The van der Waals surface area contributed by atoms with Crippen LogP contribution in [0.15, 0.2) is 24.3 Å². The Hall–Kier alpha value is -0.140. The summed E-state index contributed by atoms with van der Waals surface area (Å²) in [6.07, 6.45) is 0. The van der Waals surface area contributed by atoms with E-state index >= 15 is 0 Å². The lowest BCUT2D eigenvalue weighted by Gasteiger charge is -2.50. The van der Waals surface area contributed by atoms with Crippen LogP contribution < -0.4 is 10.6 Å². The van der Waals surface area contributed by atoms with Gasteiger partial charge in [-0.1, -0.05) is 23.7 Å². The maximum atomic E-state index is 6.26. The monoisotopic (exact) mass is 315 g/mol. The molecule has 0 bridgehead atoms. The fourth-order valence-corrected chi connectivity index (χ4v) is 7.15. The van der Waals surface area contributed by atoms with Gasteiger partial charge in [0, 0.05) is 15.9 Å². The second-order valence-electron chi connectivity index (χ2n) is 6.02. The third kappa shape index (κ3) is 2.69. The van der Waals surface area contributed by atoms with Gasteiger partial charge in [-0.25, -0.2) is 0 Å². The van der Waals surface area contributed by atoms with Crippen LogP contribution in [0.25, 0.3) is 0 Å². The standard InChI is InChI=1S/C14H19ClNOPS/c1-13(2)9-17-18(10-19,14(3,4)16-13)12-7-5-6-11(15)8-12/h5-8,16H,9H2,1-4H3. The SMILES string of the molecule is CC1(C)COP(=C=S)(c2cccc(Cl)c2)C(C)(C)N1.